The summed E-state index contributed by atoms with van der Waals surface area (Å²) in [6.45, 7) is -0.0128. The summed E-state index contributed by atoms with van der Waals surface area (Å²) in [5, 5.41) is 0. The van der Waals surface area contributed by atoms with Gasteiger partial charge < -0.3 is 9.30 Å². The maximum atomic E-state index is 11.9. The Balaban J connectivity index is 3.18. The van der Waals surface area contributed by atoms with Gasteiger partial charge in [0.2, 0.25) is 0 Å². The molecule has 0 aliphatic rings. The van der Waals surface area contributed by atoms with Gasteiger partial charge >= 0.3 is 5.97 Å². The fourth-order valence-electron chi connectivity index (χ4n) is 1.29. The van der Waals surface area contributed by atoms with E-state index in [9.17, 15) is 18.0 Å². The summed E-state index contributed by atoms with van der Waals surface area (Å²) in [4.78, 5) is 23.3. The Morgan fingerprint density at radius 1 is 1.50 bits per heavy atom. The third kappa shape index (κ3) is 3.95. The highest BCUT2D eigenvalue weighted by Crippen LogP contribution is 2.09. The molecule has 0 saturated heterocycles. The molecule has 0 unspecified atom stereocenters. The van der Waals surface area contributed by atoms with Crippen molar-refractivity contribution in [2.45, 2.75) is 6.54 Å². The van der Waals surface area contributed by atoms with E-state index in [0.717, 1.165) is 10.8 Å². The topological polar surface area (TPSA) is 82.4 Å². The summed E-state index contributed by atoms with van der Waals surface area (Å²) in [5.41, 5.74) is -0.714. The molecule has 18 heavy (non-hydrogen) atoms. The van der Waals surface area contributed by atoms with Gasteiger partial charge in [0.1, 0.15) is 15.4 Å². The van der Waals surface area contributed by atoms with Gasteiger partial charge in [0.15, 0.2) is 0 Å². The largest absolute Gasteiger partial charge is 0.465 e. The number of hydrogen-bond donors (Lipinski definition) is 0. The summed E-state index contributed by atoms with van der Waals surface area (Å²) < 4.78 is 28.3. The van der Waals surface area contributed by atoms with Gasteiger partial charge in [-0.3, -0.25) is 4.79 Å². The van der Waals surface area contributed by atoms with Crippen LogP contribution in [-0.4, -0.2) is 38.1 Å². The number of carbonyl (C=O) groups is 1. The number of ether oxygens (including phenoxy) is 1. The van der Waals surface area contributed by atoms with Crippen LogP contribution in [0.4, 0.5) is 0 Å². The average molecular weight is 338 g/mol. The molecule has 0 radical (unpaired) electrons. The van der Waals surface area contributed by atoms with E-state index in [4.69, 9.17) is 0 Å². The van der Waals surface area contributed by atoms with Crippen LogP contribution in [0.3, 0.4) is 0 Å². The van der Waals surface area contributed by atoms with Crippen molar-refractivity contribution in [3.63, 3.8) is 0 Å². The third-order valence-electron chi connectivity index (χ3n) is 2.16. The minimum atomic E-state index is -3.18. The normalized spacial score (nSPS) is 11.3. The zero-order chi connectivity index (χ0) is 13.9. The van der Waals surface area contributed by atoms with Crippen LogP contribution in [-0.2, 0) is 21.1 Å². The van der Waals surface area contributed by atoms with Crippen molar-refractivity contribution in [1.29, 1.82) is 0 Å². The number of rotatable bonds is 4. The van der Waals surface area contributed by atoms with E-state index in [1.54, 1.807) is 0 Å². The fourth-order valence-corrected chi connectivity index (χ4v) is 2.29. The van der Waals surface area contributed by atoms with Crippen molar-refractivity contribution in [1.82, 2.24) is 4.57 Å². The molecule has 0 amide bonds. The van der Waals surface area contributed by atoms with Crippen LogP contribution in [0.5, 0.6) is 0 Å². The molecule has 0 bridgehead atoms. The van der Waals surface area contributed by atoms with Crippen molar-refractivity contribution in [3.8, 4) is 0 Å². The number of aryl methyl sites for hydroxylation is 1. The first-order valence-electron chi connectivity index (χ1n) is 4.90. The molecule has 0 aromatic carbocycles. The molecule has 6 nitrogen and oxygen atoms in total. The molecule has 1 aromatic rings. The summed E-state index contributed by atoms with van der Waals surface area (Å²) in [6, 6.07) is 1.34. The monoisotopic (exact) mass is 337 g/mol. The average Bonchev–Trinajstić information content (AvgIpc) is 2.27. The lowest BCUT2D eigenvalue weighted by atomic mass is 10.3. The number of nitrogens with zero attached hydrogens (tertiary/aromatic N) is 1. The number of halogens is 1. The van der Waals surface area contributed by atoms with Crippen molar-refractivity contribution in [2.24, 2.45) is 0 Å². The van der Waals surface area contributed by atoms with Gasteiger partial charge in [0, 0.05) is 23.5 Å². The highest BCUT2D eigenvalue weighted by Gasteiger charge is 2.14. The van der Waals surface area contributed by atoms with Crippen molar-refractivity contribution < 1.29 is 17.9 Å². The smallest absolute Gasteiger partial charge is 0.343 e. The van der Waals surface area contributed by atoms with Gasteiger partial charge in [0.25, 0.3) is 5.56 Å². The maximum Gasteiger partial charge on any atom is 0.343 e. The molecular formula is C10H12BrNO5S. The summed E-state index contributed by atoms with van der Waals surface area (Å²) in [5.74, 6) is -0.932. The first kappa shape index (κ1) is 14.9. The van der Waals surface area contributed by atoms with Gasteiger partial charge in [-0.2, -0.15) is 0 Å². The summed E-state index contributed by atoms with van der Waals surface area (Å²) >= 11 is 3.15. The Labute approximate surface area is 113 Å². The molecule has 100 valence electrons. The van der Waals surface area contributed by atoms with E-state index >= 15 is 0 Å². The Hall–Kier alpha value is -1.15. The van der Waals surface area contributed by atoms with Gasteiger partial charge in [-0.1, -0.05) is 0 Å². The third-order valence-corrected chi connectivity index (χ3v) is 3.52. The second kappa shape index (κ2) is 5.66. The highest BCUT2D eigenvalue weighted by atomic mass is 79.9. The highest BCUT2D eigenvalue weighted by molar-refractivity contribution is 9.10. The molecular weight excluding hydrogens is 326 g/mol. The zero-order valence-electron chi connectivity index (χ0n) is 9.84. The number of aromatic nitrogens is 1. The van der Waals surface area contributed by atoms with Crippen LogP contribution in [0.25, 0.3) is 0 Å². The SMILES string of the molecule is COC(=O)c1cc(Br)cn(CCS(C)(=O)=O)c1=O. The van der Waals surface area contributed by atoms with E-state index in [-0.39, 0.29) is 17.9 Å². The van der Waals surface area contributed by atoms with Crippen molar-refractivity contribution >= 4 is 31.7 Å². The Morgan fingerprint density at radius 2 is 2.11 bits per heavy atom. The number of pyridine rings is 1. The minimum absolute atomic E-state index is 0.0128. The maximum absolute atomic E-state index is 11.9. The number of methoxy groups -OCH3 is 1. The molecule has 1 aromatic heterocycles. The standard InChI is InChI=1S/C10H12BrNO5S/c1-17-10(14)8-5-7(11)6-12(9(8)13)3-4-18(2,15)16/h5-6H,3-4H2,1-2H3. The number of sulfone groups is 1. The van der Waals surface area contributed by atoms with Crippen LogP contribution >= 0.6 is 15.9 Å². The van der Waals surface area contributed by atoms with E-state index < -0.39 is 21.4 Å². The zero-order valence-corrected chi connectivity index (χ0v) is 12.2. The van der Waals surface area contributed by atoms with Crippen LogP contribution in [0, 0.1) is 0 Å². The lowest BCUT2D eigenvalue weighted by molar-refractivity contribution is 0.0598. The second-order valence-electron chi connectivity index (χ2n) is 3.69. The molecule has 0 aliphatic heterocycles. The lowest BCUT2D eigenvalue weighted by Crippen LogP contribution is -2.28. The molecule has 1 heterocycles. The first-order chi connectivity index (χ1) is 8.24. The quantitative estimate of drug-likeness (QED) is 0.744. The summed E-state index contributed by atoms with van der Waals surface area (Å²) in [7, 11) is -2.01. The Bertz CT molecular complexity index is 620. The van der Waals surface area contributed by atoms with E-state index in [1.165, 1.54) is 19.4 Å². The van der Waals surface area contributed by atoms with Crippen LogP contribution in [0.1, 0.15) is 10.4 Å². The predicted octanol–water partition coefficient (Wildman–Crippen LogP) is 0.442. The van der Waals surface area contributed by atoms with Crippen molar-refractivity contribution in [3.05, 3.63) is 32.7 Å². The van der Waals surface area contributed by atoms with Gasteiger partial charge in [0.05, 0.1) is 12.9 Å². The Morgan fingerprint density at radius 3 is 2.61 bits per heavy atom. The number of carbonyl (C=O) groups excluding carboxylic acids is 1. The number of hydrogen-bond acceptors (Lipinski definition) is 5. The van der Waals surface area contributed by atoms with Crippen LogP contribution in [0.2, 0.25) is 0 Å². The molecule has 0 aliphatic carbocycles. The fraction of sp³-hybridized carbons (Fsp3) is 0.400. The molecule has 0 N–H and O–H groups in total. The molecule has 1 rings (SSSR count). The lowest BCUT2D eigenvalue weighted by Gasteiger charge is -2.07. The molecule has 0 spiro atoms. The van der Waals surface area contributed by atoms with Crippen LogP contribution < -0.4 is 5.56 Å². The van der Waals surface area contributed by atoms with Gasteiger partial charge in [-0.05, 0) is 22.0 Å². The second-order valence-corrected chi connectivity index (χ2v) is 6.87. The van der Waals surface area contributed by atoms with E-state index in [1.807, 2.05) is 0 Å². The van der Waals surface area contributed by atoms with Crippen LogP contribution in [0.15, 0.2) is 21.5 Å². The number of esters is 1. The minimum Gasteiger partial charge on any atom is -0.465 e. The van der Waals surface area contributed by atoms with Crippen molar-refractivity contribution in [2.75, 3.05) is 19.1 Å². The molecule has 0 fully saturated rings. The molecule has 0 atom stereocenters. The predicted molar refractivity (Wildman–Crippen MR) is 69.5 cm³/mol. The van der Waals surface area contributed by atoms with E-state index in [0.29, 0.717) is 4.47 Å². The van der Waals surface area contributed by atoms with Gasteiger partial charge in [-0.25, -0.2) is 13.2 Å². The summed E-state index contributed by atoms with van der Waals surface area (Å²) in [6.07, 6.45) is 2.51. The Kier molecular flexibility index (Phi) is 4.69. The molecule has 8 heteroatoms. The first-order valence-corrected chi connectivity index (χ1v) is 7.76. The van der Waals surface area contributed by atoms with Gasteiger partial charge in [-0.15, -0.1) is 0 Å². The van der Waals surface area contributed by atoms with E-state index in [2.05, 4.69) is 20.7 Å². The molecule has 0 saturated carbocycles.